The van der Waals surface area contributed by atoms with Crippen LogP contribution in [-0.4, -0.2) is 4.57 Å². The van der Waals surface area contributed by atoms with Crippen LogP contribution in [0.4, 0.5) is 0 Å². The molecule has 2 heterocycles. The number of fused-ring (bicyclic) bond motifs is 4. The molecule has 0 spiro atoms. The van der Waals surface area contributed by atoms with Gasteiger partial charge in [0, 0.05) is 18.0 Å². The lowest BCUT2D eigenvalue weighted by Gasteiger charge is -2.04. The van der Waals surface area contributed by atoms with Gasteiger partial charge in [0.2, 0.25) is 11.0 Å². The second-order valence-corrected chi connectivity index (χ2v) is 5.66. The predicted octanol–water partition coefficient (Wildman–Crippen LogP) is 4.18. The first-order chi connectivity index (χ1) is 10.3. The Morgan fingerprint density at radius 3 is 2.57 bits per heavy atom. The van der Waals surface area contributed by atoms with Crippen molar-refractivity contribution in [1.82, 2.24) is 4.57 Å². The minimum absolute atomic E-state index is 1.06. The van der Waals surface area contributed by atoms with Crippen LogP contribution in [0.3, 0.4) is 0 Å². The molecular formula is C19H19N2+. The lowest BCUT2D eigenvalue weighted by molar-refractivity contribution is -0.616. The van der Waals surface area contributed by atoms with Gasteiger partial charge in [0.05, 0.1) is 10.9 Å². The van der Waals surface area contributed by atoms with Crippen molar-refractivity contribution in [2.24, 2.45) is 7.05 Å². The van der Waals surface area contributed by atoms with E-state index in [9.17, 15) is 0 Å². The van der Waals surface area contributed by atoms with Gasteiger partial charge in [-0.15, -0.1) is 0 Å². The Labute approximate surface area is 124 Å². The van der Waals surface area contributed by atoms with E-state index in [4.69, 9.17) is 0 Å². The van der Waals surface area contributed by atoms with Gasteiger partial charge in [-0.3, -0.25) is 0 Å². The summed E-state index contributed by atoms with van der Waals surface area (Å²) in [7, 11) is 2.17. The number of benzene rings is 2. The smallest absolute Gasteiger partial charge is 0.238 e. The van der Waals surface area contributed by atoms with Crippen molar-refractivity contribution in [3.8, 4) is 0 Å². The van der Waals surface area contributed by atoms with Crippen molar-refractivity contribution in [2.75, 3.05) is 0 Å². The number of nitrogens with zero attached hydrogens (tertiary/aromatic N) is 2. The second kappa shape index (κ2) is 4.59. The van der Waals surface area contributed by atoms with E-state index in [0.717, 1.165) is 13.0 Å². The molecule has 21 heavy (non-hydrogen) atoms. The zero-order valence-corrected chi connectivity index (χ0v) is 12.5. The van der Waals surface area contributed by atoms with Gasteiger partial charge >= 0.3 is 0 Å². The first-order valence-corrected chi connectivity index (χ1v) is 7.60. The summed E-state index contributed by atoms with van der Waals surface area (Å²) in [5.41, 5.74) is 5.28. The Balaban J connectivity index is 2.28. The summed E-state index contributed by atoms with van der Waals surface area (Å²) in [5, 5.41) is 2.64. The van der Waals surface area contributed by atoms with Crippen LogP contribution >= 0.6 is 0 Å². The molecule has 0 unspecified atom stereocenters. The zero-order valence-electron chi connectivity index (χ0n) is 12.5. The Kier molecular flexibility index (Phi) is 2.71. The highest BCUT2D eigenvalue weighted by atomic mass is 15.0. The van der Waals surface area contributed by atoms with Gasteiger partial charge < -0.3 is 4.57 Å². The maximum Gasteiger partial charge on any atom is 0.238 e. The molecule has 2 aromatic carbocycles. The van der Waals surface area contributed by atoms with E-state index in [1.165, 1.54) is 32.8 Å². The number of aromatic nitrogens is 2. The van der Waals surface area contributed by atoms with E-state index >= 15 is 0 Å². The fraction of sp³-hybridized carbons (Fsp3) is 0.211. The normalized spacial score (nSPS) is 11.7. The average Bonchev–Trinajstić information content (AvgIpc) is 2.83. The first kappa shape index (κ1) is 12.4. The molecule has 0 saturated carbocycles. The van der Waals surface area contributed by atoms with E-state index in [0.29, 0.717) is 0 Å². The third-order valence-corrected chi connectivity index (χ3v) is 4.36. The fourth-order valence-corrected chi connectivity index (χ4v) is 3.45. The van der Waals surface area contributed by atoms with Crippen LogP contribution in [0.25, 0.3) is 32.8 Å². The van der Waals surface area contributed by atoms with Crippen molar-refractivity contribution in [1.29, 1.82) is 0 Å². The Hall–Kier alpha value is -2.35. The summed E-state index contributed by atoms with van der Waals surface area (Å²) in [6.45, 7) is 3.30. The molecule has 0 atom stereocenters. The van der Waals surface area contributed by atoms with Gasteiger partial charge in [0.15, 0.2) is 0 Å². The van der Waals surface area contributed by atoms with Gasteiger partial charge in [-0.25, -0.2) is 0 Å². The molecule has 0 aliphatic rings. The van der Waals surface area contributed by atoms with E-state index < -0.39 is 0 Å². The Morgan fingerprint density at radius 2 is 1.71 bits per heavy atom. The van der Waals surface area contributed by atoms with Crippen molar-refractivity contribution in [2.45, 2.75) is 19.9 Å². The number of pyridine rings is 1. The predicted molar refractivity (Wildman–Crippen MR) is 88.4 cm³/mol. The quantitative estimate of drug-likeness (QED) is 0.485. The highest BCUT2D eigenvalue weighted by Gasteiger charge is 2.19. The van der Waals surface area contributed by atoms with Crippen LogP contribution in [-0.2, 0) is 13.6 Å². The first-order valence-electron chi connectivity index (χ1n) is 7.60. The molecule has 0 fully saturated rings. The third kappa shape index (κ3) is 1.69. The van der Waals surface area contributed by atoms with Crippen LogP contribution in [0.2, 0.25) is 0 Å². The SMILES string of the molecule is CCCn1c2ccccc2c2c1cc1ccccc1[n+]2C. The molecule has 4 aromatic rings. The largest absolute Gasteiger partial charge is 0.335 e. The highest BCUT2D eigenvalue weighted by molar-refractivity contribution is 6.06. The third-order valence-electron chi connectivity index (χ3n) is 4.36. The fourth-order valence-electron chi connectivity index (χ4n) is 3.45. The van der Waals surface area contributed by atoms with Gasteiger partial charge in [-0.05, 0) is 30.7 Å². The standard InChI is InChI=1S/C19H19N2/c1-3-12-21-17-11-7-5-9-15(17)19-18(21)13-14-8-4-6-10-16(14)20(19)2/h4-11,13H,3,12H2,1-2H3/q+1. The molecule has 2 nitrogen and oxygen atoms in total. The van der Waals surface area contributed by atoms with Gasteiger partial charge in [0.25, 0.3) is 0 Å². The van der Waals surface area contributed by atoms with Crippen molar-refractivity contribution in [3.05, 3.63) is 54.6 Å². The molecule has 4 rings (SSSR count). The number of hydrogen-bond acceptors (Lipinski definition) is 0. The van der Waals surface area contributed by atoms with E-state index in [1.807, 2.05) is 0 Å². The summed E-state index contributed by atoms with van der Waals surface area (Å²) in [4.78, 5) is 0. The van der Waals surface area contributed by atoms with Gasteiger partial charge in [-0.2, -0.15) is 4.57 Å². The van der Waals surface area contributed by atoms with E-state index in [2.05, 4.69) is 77.7 Å². The average molecular weight is 275 g/mol. The topological polar surface area (TPSA) is 8.81 Å². The minimum atomic E-state index is 1.06. The lowest BCUT2D eigenvalue weighted by atomic mass is 10.1. The number of para-hydroxylation sites is 2. The van der Waals surface area contributed by atoms with Gasteiger partial charge in [-0.1, -0.05) is 31.2 Å². The zero-order chi connectivity index (χ0) is 14.4. The molecular weight excluding hydrogens is 256 g/mol. The summed E-state index contributed by atoms with van der Waals surface area (Å²) in [6, 6.07) is 19.7. The van der Waals surface area contributed by atoms with Crippen molar-refractivity contribution in [3.63, 3.8) is 0 Å². The van der Waals surface area contributed by atoms with Crippen LogP contribution in [0.1, 0.15) is 13.3 Å². The summed E-state index contributed by atoms with van der Waals surface area (Å²) >= 11 is 0. The number of hydrogen-bond donors (Lipinski definition) is 0. The molecule has 0 saturated heterocycles. The van der Waals surface area contributed by atoms with Crippen LogP contribution < -0.4 is 4.57 Å². The Bertz CT molecular complexity index is 963. The molecule has 104 valence electrons. The molecule has 0 radical (unpaired) electrons. The van der Waals surface area contributed by atoms with E-state index in [1.54, 1.807) is 0 Å². The van der Waals surface area contributed by atoms with Crippen LogP contribution in [0.5, 0.6) is 0 Å². The monoisotopic (exact) mass is 275 g/mol. The number of rotatable bonds is 2. The molecule has 2 heteroatoms. The van der Waals surface area contributed by atoms with Crippen molar-refractivity contribution >= 4 is 32.8 Å². The van der Waals surface area contributed by atoms with Crippen LogP contribution in [0, 0.1) is 0 Å². The molecule has 0 N–H and O–H groups in total. The molecule has 0 aliphatic heterocycles. The maximum absolute atomic E-state index is 2.46. The minimum Gasteiger partial charge on any atom is -0.335 e. The summed E-state index contributed by atoms with van der Waals surface area (Å²) < 4.78 is 4.79. The maximum atomic E-state index is 2.46. The molecule has 0 amide bonds. The van der Waals surface area contributed by atoms with Crippen molar-refractivity contribution < 1.29 is 4.57 Å². The van der Waals surface area contributed by atoms with Crippen LogP contribution in [0.15, 0.2) is 54.6 Å². The summed E-state index contributed by atoms with van der Waals surface area (Å²) in [5.74, 6) is 0. The van der Waals surface area contributed by atoms with Gasteiger partial charge in [0.1, 0.15) is 12.6 Å². The summed E-state index contributed by atoms with van der Waals surface area (Å²) in [6.07, 6.45) is 1.14. The highest BCUT2D eigenvalue weighted by Crippen LogP contribution is 2.29. The number of aryl methyl sites for hydroxylation is 2. The second-order valence-electron chi connectivity index (χ2n) is 5.66. The molecule has 0 bridgehead atoms. The molecule has 2 aromatic heterocycles. The van der Waals surface area contributed by atoms with E-state index in [-0.39, 0.29) is 0 Å². The lowest BCUT2D eigenvalue weighted by Crippen LogP contribution is -2.29. The Morgan fingerprint density at radius 1 is 0.952 bits per heavy atom. The molecule has 0 aliphatic carbocycles.